The van der Waals surface area contributed by atoms with Crippen LogP contribution in [0.3, 0.4) is 0 Å². The number of anilines is 1. The first-order valence-corrected chi connectivity index (χ1v) is 9.53. The SMILES string of the molecule is CN(C)c1ccc(C(=O)N/N=C/c2cccc(/C=C/c3ccc(Cl)cc3)c2)cc1. The Morgan fingerprint density at radius 1 is 0.897 bits per heavy atom. The van der Waals surface area contributed by atoms with Gasteiger partial charge in [-0.25, -0.2) is 5.43 Å². The van der Waals surface area contributed by atoms with Crippen LogP contribution in [-0.4, -0.2) is 26.2 Å². The van der Waals surface area contributed by atoms with Gasteiger partial charge >= 0.3 is 0 Å². The van der Waals surface area contributed by atoms with Crippen LogP contribution >= 0.6 is 11.6 Å². The van der Waals surface area contributed by atoms with Crippen LogP contribution in [0.1, 0.15) is 27.0 Å². The van der Waals surface area contributed by atoms with E-state index in [1.54, 1.807) is 18.3 Å². The molecule has 5 heteroatoms. The van der Waals surface area contributed by atoms with Crippen molar-refractivity contribution < 1.29 is 4.79 Å². The van der Waals surface area contributed by atoms with Gasteiger partial charge in [0, 0.05) is 30.4 Å². The molecule has 0 spiro atoms. The molecule has 29 heavy (non-hydrogen) atoms. The van der Waals surface area contributed by atoms with E-state index in [1.807, 2.05) is 91.8 Å². The Morgan fingerprint density at radius 3 is 2.24 bits per heavy atom. The van der Waals surface area contributed by atoms with E-state index in [-0.39, 0.29) is 5.91 Å². The molecule has 0 fully saturated rings. The fraction of sp³-hybridized carbons (Fsp3) is 0.0833. The van der Waals surface area contributed by atoms with E-state index in [9.17, 15) is 4.79 Å². The van der Waals surface area contributed by atoms with Crippen molar-refractivity contribution in [3.05, 3.63) is 100 Å². The van der Waals surface area contributed by atoms with Gasteiger partial charge in [-0.1, -0.05) is 54.1 Å². The van der Waals surface area contributed by atoms with E-state index in [4.69, 9.17) is 11.6 Å². The summed E-state index contributed by atoms with van der Waals surface area (Å²) in [6.07, 6.45) is 5.67. The quantitative estimate of drug-likeness (QED) is 0.343. The second-order valence-corrected chi connectivity index (χ2v) is 7.13. The molecule has 0 radical (unpaired) electrons. The molecule has 3 rings (SSSR count). The van der Waals surface area contributed by atoms with E-state index >= 15 is 0 Å². The average molecular weight is 404 g/mol. The highest BCUT2D eigenvalue weighted by Crippen LogP contribution is 2.14. The Bertz CT molecular complexity index is 1020. The number of rotatable bonds is 6. The molecular weight excluding hydrogens is 382 g/mol. The van der Waals surface area contributed by atoms with Crippen molar-refractivity contribution in [3.63, 3.8) is 0 Å². The van der Waals surface area contributed by atoms with E-state index in [1.165, 1.54) is 0 Å². The normalized spacial score (nSPS) is 11.1. The number of carbonyl (C=O) groups excluding carboxylic acids is 1. The Morgan fingerprint density at radius 2 is 1.55 bits per heavy atom. The number of benzene rings is 3. The van der Waals surface area contributed by atoms with E-state index in [2.05, 4.69) is 10.5 Å². The van der Waals surface area contributed by atoms with Crippen molar-refractivity contribution in [2.45, 2.75) is 0 Å². The van der Waals surface area contributed by atoms with Gasteiger partial charge in [0.25, 0.3) is 5.91 Å². The maximum Gasteiger partial charge on any atom is 0.271 e. The van der Waals surface area contributed by atoms with Crippen LogP contribution in [-0.2, 0) is 0 Å². The third kappa shape index (κ3) is 6.06. The second-order valence-electron chi connectivity index (χ2n) is 6.70. The predicted octanol–water partition coefficient (Wildman–Crippen LogP) is 5.34. The van der Waals surface area contributed by atoms with Crippen LogP contribution in [0.15, 0.2) is 77.9 Å². The molecule has 146 valence electrons. The van der Waals surface area contributed by atoms with E-state index < -0.39 is 0 Å². The van der Waals surface area contributed by atoms with Gasteiger partial charge < -0.3 is 4.90 Å². The summed E-state index contributed by atoms with van der Waals surface area (Å²) in [5.41, 5.74) is 7.17. The molecule has 1 N–H and O–H groups in total. The van der Waals surface area contributed by atoms with E-state index in [0.29, 0.717) is 5.56 Å². The molecule has 0 unspecified atom stereocenters. The third-order valence-corrected chi connectivity index (χ3v) is 4.53. The summed E-state index contributed by atoms with van der Waals surface area (Å²) in [6, 6.07) is 22.9. The fourth-order valence-corrected chi connectivity index (χ4v) is 2.78. The lowest BCUT2D eigenvalue weighted by Gasteiger charge is -2.12. The molecule has 3 aromatic carbocycles. The topological polar surface area (TPSA) is 44.7 Å². The summed E-state index contributed by atoms with van der Waals surface area (Å²) in [7, 11) is 3.91. The first-order valence-electron chi connectivity index (χ1n) is 9.16. The monoisotopic (exact) mass is 403 g/mol. The van der Waals surface area contributed by atoms with Crippen LogP contribution in [0.25, 0.3) is 12.2 Å². The molecule has 0 bridgehead atoms. The largest absolute Gasteiger partial charge is 0.378 e. The van der Waals surface area contributed by atoms with Crippen LogP contribution in [0.5, 0.6) is 0 Å². The number of halogens is 1. The van der Waals surface area contributed by atoms with Crippen molar-refractivity contribution in [1.29, 1.82) is 0 Å². The Balaban J connectivity index is 1.61. The molecule has 0 atom stereocenters. The predicted molar refractivity (Wildman–Crippen MR) is 123 cm³/mol. The van der Waals surface area contributed by atoms with Crippen molar-refractivity contribution in [2.24, 2.45) is 5.10 Å². The highest BCUT2D eigenvalue weighted by atomic mass is 35.5. The van der Waals surface area contributed by atoms with Crippen molar-refractivity contribution in [2.75, 3.05) is 19.0 Å². The molecule has 0 saturated carbocycles. The molecule has 0 saturated heterocycles. The lowest BCUT2D eigenvalue weighted by molar-refractivity contribution is 0.0955. The minimum atomic E-state index is -0.245. The van der Waals surface area contributed by atoms with Gasteiger partial charge in [0.05, 0.1) is 6.21 Å². The number of nitrogens with one attached hydrogen (secondary N) is 1. The summed E-state index contributed by atoms with van der Waals surface area (Å²) in [6.45, 7) is 0. The molecule has 0 aliphatic rings. The standard InChI is InChI=1S/C24H22ClN3O/c1-28(2)23-14-10-21(11-15-23)24(29)27-26-17-20-5-3-4-19(16-20)7-6-18-8-12-22(25)13-9-18/h3-17H,1-2H3,(H,27,29)/b7-6+,26-17+. The molecule has 1 amide bonds. The highest BCUT2D eigenvalue weighted by Gasteiger charge is 2.04. The minimum absolute atomic E-state index is 0.245. The zero-order valence-electron chi connectivity index (χ0n) is 16.3. The second kappa shape index (κ2) is 9.71. The van der Waals surface area contributed by atoms with Crippen LogP contribution in [0.2, 0.25) is 5.02 Å². The first-order chi connectivity index (χ1) is 14.0. The average Bonchev–Trinajstić information content (AvgIpc) is 2.73. The van der Waals surface area contributed by atoms with Gasteiger partial charge in [-0.2, -0.15) is 5.10 Å². The van der Waals surface area contributed by atoms with Gasteiger partial charge in [0.15, 0.2) is 0 Å². The number of amides is 1. The highest BCUT2D eigenvalue weighted by molar-refractivity contribution is 6.30. The molecule has 3 aromatic rings. The van der Waals surface area contributed by atoms with Crippen molar-refractivity contribution in [1.82, 2.24) is 5.43 Å². The van der Waals surface area contributed by atoms with E-state index in [0.717, 1.165) is 27.4 Å². The van der Waals surface area contributed by atoms with Crippen LogP contribution in [0.4, 0.5) is 5.69 Å². The Kier molecular flexibility index (Phi) is 6.82. The van der Waals surface area contributed by atoms with Gasteiger partial charge in [-0.3, -0.25) is 4.79 Å². The number of nitrogens with zero attached hydrogens (tertiary/aromatic N) is 2. The summed E-state index contributed by atoms with van der Waals surface area (Å²) in [4.78, 5) is 14.2. The van der Waals surface area contributed by atoms with Gasteiger partial charge in [0.2, 0.25) is 0 Å². The molecule has 0 aliphatic carbocycles. The van der Waals surface area contributed by atoms with Gasteiger partial charge in [0.1, 0.15) is 0 Å². The van der Waals surface area contributed by atoms with Crippen LogP contribution < -0.4 is 10.3 Å². The number of carbonyl (C=O) groups is 1. The lowest BCUT2D eigenvalue weighted by Crippen LogP contribution is -2.17. The molecule has 0 aliphatic heterocycles. The summed E-state index contributed by atoms with van der Waals surface area (Å²) < 4.78 is 0. The molecule has 0 heterocycles. The van der Waals surface area contributed by atoms with Gasteiger partial charge in [-0.15, -0.1) is 0 Å². The summed E-state index contributed by atoms with van der Waals surface area (Å²) in [5.74, 6) is -0.245. The maximum atomic E-state index is 12.2. The number of hydrogen-bond acceptors (Lipinski definition) is 3. The Hall–Kier alpha value is -3.37. The minimum Gasteiger partial charge on any atom is -0.378 e. The molecular formula is C24H22ClN3O. The lowest BCUT2D eigenvalue weighted by atomic mass is 10.1. The maximum absolute atomic E-state index is 12.2. The smallest absolute Gasteiger partial charge is 0.271 e. The fourth-order valence-electron chi connectivity index (χ4n) is 2.65. The van der Waals surface area contributed by atoms with Crippen LogP contribution in [0, 0.1) is 0 Å². The molecule has 4 nitrogen and oxygen atoms in total. The van der Waals surface area contributed by atoms with Crippen molar-refractivity contribution in [3.8, 4) is 0 Å². The number of hydrogen-bond donors (Lipinski definition) is 1. The van der Waals surface area contributed by atoms with Gasteiger partial charge in [-0.05, 0) is 59.2 Å². The zero-order chi connectivity index (χ0) is 20.6. The Labute approximate surface area is 176 Å². The summed E-state index contributed by atoms with van der Waals surface area (Å²) in [5, 5.41) is 4.79. The molecule has 0 aromatic heterocycles. The first kappa shape index (κ1) is 20.4. The third-order valence-electron chi connectivity index (χ3n) is 4.27. The van der Waals surface area contributed by atoms with Crippen molar-refractivity contribution >= 4 is 41.6 Å². The summed E-state index contributed by atoms with van der Waals surface area (Å²) >= 11 is 5.91. The number of hydrazone groups is 1. The zero-order valence-corrected chi connectivity index (χ0v) is 17.1.